The minimum Gasteiger partial charge on any atom is -0.336 e. The topological polar surface area (TPSA) is 38.1 Å². The van der Waals surface area contributed by atoms with E-state index < -0.39 is 0 Å². The van der Waals surface area contributed by atoms with Gasteiger partial charge in [0, 0.05) is 31.2 Å². The van der Waals surface area contributed by atoms with Gasteiger partial charge >= 0.3 is 0 Å². The number of alkyl halides is 1. The first-order valence-corrected chi connectivity index (χ1v) is 8.19. The van der Waals surface area contributed by atoms with Gasteiger partial charge in [-0.2, -0.15) is 5.10 Å². The number of rotatable bonds is 4. The third-order valence-electron chi connectivity index (χ3n) is 3.80. The molecule has 1 aliphatic heterocycles. The molecule has 0 N–H and O–H groups in total. The van der Waals surface area contributed by atoms with Crippen LogP contribution in [-0.4, -0.2) is 38.5 Å². The van der Waals surface area contributed by atoms with Gasteiger partial charge in [0.2, 0.25) is 0 Å². The molecule has 1 saturated heterocycles. The molecule has 0 radical (unpaired) electrons. The van der Waals surface area contributed by atoms with Crippen LogP contribution < -0.4 is 0 Å². The Morgan fingerprint density at radius 2 is 2.32 bits per heavy atom. The van der Waals surface area contributed by atoms with E-state index in [2.05, 4.69) is 25.9 Å². The van der Waals surface area contributed by atoms with Gasteiger partial charge in [0.25, 0.3) is 5.91 Å². The second-order valence-corrected chi connectivity index (χ2v) is 5.94. The fourth-order valence-corrected chi connectivity index (χ4v) is 3.35. The zero-order valence-corrected chi connectivity index (χ0v) is 13.3. The molecule has 1 fully saturated rings. The van der Waals surface area contributed by atoms with E-state index in [1.807, 2.05) is 20.2 Å². The van der Waals surface area contributed by atoms with Crippen LogP contribution in [0.4, 0.5) is 0 Å². The van der Waals surface area contributed by atoms with Crippen molar-refractivity contribution in [3.05, 3.63) is 17.5 Å². The molecular formula is C14H22BrN3O. The number of nitrogens with zero attached hydrogens (tertiary/aromatic N) is 3. The van der Waals surface area contributed by atoms with Crippen LogP contribution in [0.25, 0.3) is 0 Å². The Kier molecular flexibility index (Phi) is 5.02. The molecular weight excluding hydrogens is 306 g/mol. The summed E-state index contributed by atoms with van der Waals surface area (Å²) in [7, 11) is 1.88. The van der Waals surface area contributed by atoms with Crippen LogP contribution >= 0.6 is 15.9 Å². The summed E-state index contributed by atoms with van der Waals surface area (Å²) in [5, 5.41) is 5.33. The maximum absolute atomic E-state index is 12.7. The lowest BCUT2D eigenvalue weighted by molar-refractivity contribution is 0.0609. The number of amides is 1. The van der Waals surface area contributed by atoms with Crippen LogP contribution in [0.5, 0.6) is 0 Å². The third kappa shape index (κ3) is 3.19. The molecule has 5 heteroatoms. The highest BCUT2D eigenvalue weighted by Gasteiger charge is 2.28. The van der Waals surface area contributed by atoms with Crippen molar-refractivity contribution < 1.29 is 4.79 Å². The summed E-state index contributed by atoms with van der Waals surface area (Å²) in [4.78, 5) is 14.8. The number of aromatic nitrogens is 2. The summed E-state index contributed by atoms with van der Waals surface area (Å²) in [5.41, 5.74) is 1.70. The number of likely N-dealkylation sites (tertiary alicyclic amines) is 1. The summed E-state index contributed by atoms with van der Waals surface area (Å²) in [6, 6.07) is 0.380. The second-order valence-electron chi connectivity index (χ2n) is 5.14. The number of hydrogen-bond acceptors (Lipinski definition) is 2. The van der Waals surface area contributed by atoms with Crippen LogP contribution in [0.1, 0.15) is 48.7 Å². The highest BCUT2D eigenvalue weighted by atomic mass is 79.9. The Balaban J connectivity index is 2.20. The quantitative estimate of drug-likeness (QED) is 0.797. The fraction of sp³-hybridized carbons (Fsp3) is 0.714. The van der Waals surface area contributed by atoms with E-state index in [0.29, 0.717) is 6.04 Å². The molecule has 1 aromatic heterocycles. The van der Waals surface area contributed by atoms with Crippen molar-refractivity contribution in [2.45, 2.75) is 45.1 Å². The van der Waals surface area contributed by atoms with Gasteiger partial charge in [-0.25, -0.2) is 0 Å². The molecule has 1 amide bonds. The normalized spacial score (nSPS) is 19.7. The van der Waals surface area contributed by atoms with Crippen molar-refractivity contribution in [1.82, 2.24) is 14.7 Å². The van der Waals surface area contributed by atoms with Crippen LogP contribution in [-0.2, 0) is 13.5 Å². The predicted octanol–water partition coefficient (Wildman–Crippen LogP) is 2.76. The number of halogens is 1. The van der Waals surface area contributed by atoms with Crippen molar-refractivity contribution in [3.63, 3.8) is 0 Å². The molecule has 0 aromatic carbocycles. The van der Waals surface area contributed by atoms with Gasteiger partial charge < -0.3 is 4.90 Å². The van der Waals surface area contributed by atoms with Crippen molar-refractivity contribution >= 4 is 21.8 Å². The molecule has 19 heavy (non-hydrogen) atoms. The Morgan fingerprint density at radius 1 is 1.53 bits per heavy atom. The van der Waals surface area contributed by atoms with Gasteiger partial charge in [0.15, 0.2) is 0 Å². The van der Waals surface area contributed by atoms with E-state index in [9.17, 15) is 4.79 Å². The van der Waals surface area contributed by atoms with Gasteiger partial charge in [0.05, 0.1) is 11.3 Å². The predicted molar refractivity (Wildman–Crippen MR) is 79.7 cm³/mol. The molecule has 1 atom stereocenters. The van der Waals surface area contributed by atoms with E-state index in [1.54, 1.807) is 4.68 Å². The standard InChI is InChI=1S/C14H22BrN3O/c1-3-13-12(10-17(2)16-13)14(19)18-9-5-4-6-11(18)7-8-15/h10-11H,3-9H2,1-2H3. The highest BCUT2D eigenvalue weighted by molar-refractivity contribution is 9.09. The van der Waals surface area contributed by atoms with E-state index in [-0.39, 0.29) is 5.91 Å². The monoisotopic (exact) mass is 327 g/mol. The Labute approximate surface area is 123 Å². The number of carbonyl (C=O) groups excluding carboxylic acids is 1. The highest BCUT2D eigenvalue weighted by Crippen LogP contribution is 2.23. The Bertz CT molecular complexity index is 442. The molecule has 2 rings (SSSR count). The molecule has 0 bridgehead atoms. The Hall–Kier alpha value is -0.840. The third-order valence-corrected chi connectivity index (χ3v) is 4.26. The average molecular weight is 328 g/mol. The number of piperidine rings is 1. The van der Waals surface area contributed by atoms with Crippen LogP contribution in [0.2, 0.25) is 0 Å². The number of hydrogen-bond donors (Lipinski definition) is 0. The number of aryl methyl sites for hydroxylation is 2. The lowest BCUT2D eigenvalue weighted by atomic mass is 9.99. The van der Waals surface area contributed by atoms with Crippen LogP contribution in [0, 0.1) is 0 Å². The van der Waals surface area contributed by atoms with Crippen LogP contribution in [0.15, 0.2) is 6.20 Å². The minimum absolute atomic E-state index is 0.163. The summed E-state index contributed by atoms with van der Waals surface area (Å²) >= 11 is 3.50. The summed E-state index contributed by atoms with van der Waals surface area (Å²) in [6.45, 7) is 2.93. The molecule has 0 spiro atoms. The molecule has 1 unspecified atom stereocenters. The lowest BCUT2D eigenvalue weighted by Gasteiger charge is -2.35. The zero-order valence-electron chi connectivity index (χ0n) is 11.7. The fourth-order valence-electron chi connectivity index (χ4n) is 2.82. The average Bonchev–Trinajstić information content (AvgIpc) is 2.80. The van der Waals surface area contributed by atoms with Gasteiger partial charge in [0.1, 0.15) is 0 Å². The molecule has 0 saturated carbocycles. The SMILES string of the molecule is CCc1nn(C)cc1C(=O)N1CCCCC1CCBr. The molecule has 4 nitrogen and oxygen atoms in total. The van der Waals surface area contributed by atoms with Crippen molar-refractivity contribution in [2.75, 3.05) is 11.9 Å². The van der Waals surface area contributed by atoms with Crippen molar-refractivity contribution in [2.24, 2.45) is 7.05 Å². The lowest BCUT2D eigenvalue weighted by Crippen LogP contribution is -2.44. The summed E-state index contributed by atoms with van der Waals surface area (Å²) < 4.78 is 1.75. The largest absolute Gasteiger partial charge is 0.336 e. The van der Waals surface area contributed by atoms with Gasteiger partial charge in [-0.3, -0.25) is 9.48 Å². The molecule has 1 aromatic rings. The number of carbonyl (C=O) groups is 1. The van der Waals surface area contributed by atoms with Crippen molar-refractivity contribution in [1.29, 1.82) is 0 Å². The van der Waals surface area contributed by atoms with E-state index in [1.165, 1.54) is 6.42 Å². The molecule has 0 aliphatic carbocycles. The maximum Gasteiger partial charge on any atom is 0.257 e. The van der Waals surface area contributed by atoms with Gasteiger partial charge in [-0.1, -0.05) is 22.9 Å². The summed E-state index contributed by atoms with van der Waals surface area (Å²) in [5.74, 6) is 0.163. The Morgan fingerprint density at radius 3 is 3.00 bits per heavy atom. The molecule has 106 valence electrons. The van der Waals surface area contributed by atoms with Gasteiger partial charge in [-0.15, -0.1) is 0 Å². The maximum atomic E-state index is 12.7. The van der Waals surface area contributed by atoms with E-state index in [4.69, 9.17) is 0 Å². The molecule has 1 aliphatic rings. The first-order valence-electron chi connectivity index (χ1n) is 7.06. The smallest absolute Gasteiger partial charge is 0.257 e. The van der Waals surface area contributed by atoms with Gasteiger partial charge in [-0.05, 0) is 32.1 Å². The van der Waals surface area contributed by atoms with E-state index >= 15 is 0 Å². The van der Waals surface area contributed by atoms with Crippen molar-refractivity contribution in [3.8, 4) is 0 Å². The first-order chi connectivity index (χ1) is 9.17. The van der Waals surface area contributed by atoms with E-state index in [0.717, 1.165) is 48.8 Å². The summed E-state index contributed by atoms with van der Waals surface area (Å²) in [6.07, 6.45) is 7.17. The minimum atomic E-state index is 0.163. The first kappa shape index (κ1) is 14.6. The zero-order chi connectivity index (χ0) is 13.8. The second kappa shape index (κ2) is 6.55. The van der Waals surface area contributed by atoms with Crippen LogP contribution in [0.3, 0.4) is 0 Å². The molecule has 2 heterocycles.